The molecule has 1 N–H and O–H groups in total. The number of carbonyl (C=O) groups is 2. The summed E-state index contributed by atoms with van der Waals surface area (Å²) in [4.78, 5) is 23.8. The number of carbonyl (C=O) groups excluding carboxylic acids is 2. The van der Waals surface area contributed by atoms with Gasteiger partial charge in [0.05, 0.1) is 43.0 Å². The SMILES string of the molecule is COC(=O)c1cc(NS(=O)(=O)c2ccc(OC)c(C)c2C)cc(C(=O)OC)c1. The molecule has 150 valence electrons. The second kappa shape index (κ2) is 8.30. The van der Waals surface area contributed by atoms with Gasteiger partial charge in [0, 0.05) is 0 Å². The smallest absolute Gasteiger partial charge is 0.337 e. The van der Waals surface area contributed by atoms with Crippen LogP contribution >= 0.6 is 0 Å². The summed E-state index contributed by atoms with van der Waals surface area (Å²) in [5.41, 5.74) is 1.24. The van der Waals surface area contributed by atoms with Crippen LogP contribution in [0.25, 0.3) is 0 Å². The van der Waals surface area contributed by atoms with Crippen LogP contribution in [0.3, 0.4) is 0 Å². The van der Waals surface area contributed by atoms with Crippen molar-refractivity contribution in [1.82, 2.24) is 0 Å². The maximum Gasteiger partial charge on any atom is 0.337 e. The van der Waals surface area contributed by atoms with Crippen LogP contribution in [-0.4, -0.2) is 41.7 Å². The molecule has 0 aliphatic rings. The van der Waals surface area contributed by atoms with Gasteiger partial charge in [0.15, 0.2) is 0 Å². The molecule has 2 aromatic carbocycles. The van der Waals surface area contributed by atoms with Crippen molar-refractivity contribution in [3.8, 4) is 5.75 Å². The molecule has 0 heterocycles. The molecule has 9 heteroatoms. The highest BCUT2D eigenvalue weighted by atomic mass is 32.2. The van der Waals surface area contributed by atoms with Gasteiger partial charge in [-0.1, -0.05) is 0 Å². The quantitative estimate of drug-likeness (QED) is 0.734. The minimum atomic E-state index is -4.00. The molecule has 0 spiro atoms. The number of esters is 2. The number of methoxy groups -OCH3 is 3. The predicted octanol–water partition coefficient (Wildman–Crippen LogP) is 2.69. The third-order valence-electron chi connectivity index (χ3n) is 4.22. The Morgan fingerprint density at radius 1 is 0.857 bits per heavy atom. The highest BCUT2D eigenvalue weighted by Gasteiger charge is 2.22. The number of sulfonamides is 1. The third-order valence-corrected chi connectivity index (χ3v) is 5.75. The van der Waals surface area contributed by atoms with Crippen LogP contribution in [-0.2, 0) is 19.5 Å². The minimum Gasteiger partial charge on any atom is -0.496 e. The lowest BCUT2D eigenvalue weighted by atomic mass is 10.1. The Morgan fingerprint density at radius 2 is 1.39 bits per heavy atom. The van der Waals surface area contributed by atoms with E-state index in [1.54, 1.807) is 19.9 Å². The van der Waals surface area contributed by atoms with Crippen molar-refractivity contribution in [2.45, 2.75) is 18.7 Å². The maximum atomic E-state index is 12.9. The lowest BCUT2D eigenvalue weighted by Gasteiger charge is -2.15. The van der Waals surface area contributed by atoms with E-state index in [-0.39, 0.29) is 21.7 Å². The standard InChI is InChI=1S/C19H21NO7S/c1-11-12(2)17(7-6-16(11)25-3)28(23,24)20-15-9-13(18(21)26-4)8-14(10-15)19(22)27-5/h6-10,20H,1-5H3. The molecule has 0 aromatic heterocycles. The topological polar surface area (TPSA) is 108 Å². The number of nitrogens with one attached hydrogen (secondary N) is 1. The molecule has 0 fully saturated rings. The summed E-state index contributed by atoms with van der Waals surface area (Å²) in [5.74, 6) is -0.873. The van der Waals surface area contributed by atoms with Gasteiger partial charge in [-0.3, -0.25) is 4.72 Å². The van der Waals surface area contributed by atoms with Crippen molar-refractivity contribution in [2.75, 3.05) is 26.1 Å². The first-order valence-corrected chi connectivity index (χ1v) is 9.61. The zero-order valence-corrected chi connectivity index (χ0v) is 17.0. The average Bonchev–Trinajstić information content (AvgIpc) is 2.67. The van der Waals surface area contributed by atoms with E-state index in [9.17, 15) is 18.0 Å². The Kier molecular flexibility index (Phi) is 6.30. The molecule has 0 saturated carbocycles. The molecule has 0 unspecified atom stereocenters. The first-order chi connectivity index (χ1) is 13.1. The molecule has 2 rings (SSSR count). The Bertz CT molecular complexity index is 995. The van der Waals surface area contributed by atoms with Gasteiger partial charge < -0.3 is 14.2 Å². The summed E-state index contributed by atoms with van der Waals surface area (Å²) in [5, 5.41) is 0. The molecular formula is C19H21NO7S. The number of hydrogen-bond donors (Lipinski definition) is 1. The van der Waals surface area contributed by atoms with Gasteiger partial charge in [0.2, 0.25) is 0 Å². The van der Waals surface area contributed by atoms with Crippen LogP contribution in [0, 0.1) is 13.8 Å². The molecule has 0 aliphatic heterocycles. The van der Waals surface area contributed by atoms with Crippen LogP contribution in [0.15, 0.2) is 35.2 Å². The van der Waals surface area contributed by atoms with Crippen molar-refractivity contribution in [3.63, 3.8) is 0 Å². The van der Waals surface area contributed by atoms with E-state index in [2.05, 4.69) is 14.2 Å². The average molecular weight is 407 g/mol. The highest BCUT2D eigenvalue weighted by Crippen LogP contribution is 2.28. The summed E-state index contributed by atoms with van der Waals surface area (Å²) in [6, 6.07) is 6.80. The Morgan fingerprint density at radius 3 is 1.86 bits per heavy atom. The first-order valence-electron chi connectivity index (χ1n) is 8.13. The lowest BCUT2D eigenvalue weighted by Crippen LogP contribution is -2.16. The third kappa shape index (κ3) is 4.25. The second-order valence-corrected chi connectivity index (χ2v) is 7.55. The lowest BCUT2D eigenvalue weighted by molar-refractivity contribution is 0.0599. The Labute approximate surface area is 163 Å². The van der Waals surface area contributed by atoms with Crippen LogP contribution in [0.1, 0.15) is 31.8 Å². The molecular weight excluding hydrogens is 386 g/mol. The molecule has 0 aliphatic carbocycles. The summed E-state index contributed by atoms with van der Waals surface area (Å²) in [6.45, 7) is 3.41. The zero-order chi connectivity index (χ0) is 21.1. The van der Waals surface area contributed by atoms with Crippen LogP contribution in [0.5, 0.6) is 5.75 Å². The van der Waals surface area contributed by atoms with Gasteiger partial charge >= 0.3 is 11.9 Å². The van der Waals surface area contributed by atoms with E-state index in [1.807, 2.05) is 0 Å². The van der Waals surface area contributed by atoms with E-state index in [0.29, 0.717) is 16.9 Å². The van der Waals surface area contributed by atoms with E-state index in [1.165, 1.54) is 45.6 Å². The molecule has 0 bridgehead atoms. The monoisotopic (exact) mass is 407 g/mol. The fourth-order valence-corrected chi connectivity index (χ4v) is 3.99. The van der Waals surface area contributed by atoms with Gasteiger partial charge in [-0.25, -0.2) is 18.0 Å². The molecule has 0 amide bonds. The van der Waals surface area contributed by atoms with Crippen molar-refractivity contribution >= 4 is 27.6 Å². The van der Waals surface area contributed by atoms with Crippen molar-refractivity contribution in [3.05, 3.63) is 52.6 Å². The minimum absolute atomic E-state index is 0.00531. The summed E-state index contributed by atoms with van der Waals surface area (Å²) < 4.78 is 42.7. The van der Waals surface area contributed by atoms with Crippen LogP contribution in [0.4, 0.5) is 5.69 Å². The predicted molar refractivity (Wildman–Crippen MR) is 102 cm³/mol. The van der Waals surface area contributed by atoms with Gasteiger partial charge in [-0.05, 0) is 55.3 Å². The number of ether oxygens (including phenoxy) is 3. The van der Waals surface area contributed by atoms with Gasteiger partial charge in [-0.15, -0.1) is 0 Å². The summed E-state index contributed by atoms with van der Waals surface area (Å²) in [7, 11) is -0.137. The van der Waals surface area contributed by atoms with Crippen LogP contribution in [0.2, 0.25) is 0 Å². The second-order valence-electron chi connectivity index (χ2n) is 5.90. The van der Waals surface area contributed by atoms with E-state index in [4.69, 9.17) is 4.74 Å². The number of anilines is 1. The fraction of sp³-hybridized carbons (Fsp3) is 0.263. The van der Waals surface area contributed by atoms with Gasteiger partial charge in [0.1, 0.15) is 5.75 Å². The summed E-state index contributed by atoms with van der Waals surface area (Å²) in [6.07, 6.45) is 0. The number of hydrogen-bond acceptors (Lipinski definition) is 7. The van der Waals surface area contributed by atoms with Gasteiger partial charge in [0.25, 0.3) is 10.0 Å². The van der Waals surface area contributed by atoms with Gasteiger partial charge in [-0.2, -0.15) is 0 Å². The Balaban J connectivity index is 2.53. The van der Waals surface area contributed by atoms with E-state index in [0.717, 1.165) is 0 Å². The van der Waals surface area contributed by atoms with Crippen molar-refractivity contribution in [1.29, 1.82) is 0 Å². The molecule has 0 saturated heterocycles. The fourth-order valence-electron chi connectivity index (χ4n) is 2.65. The van der Waals surface area contributed by atoms with E-state index >= 15 is 0 Å². The first kappa shape index (κ1) is 21.2. The number of benzene rings is 2. The zero-order valence-electron chi connectivity index (χ0n) is 16.2. The normalized spacial score (nSPS) is 10.9. The van der Waals surface area contributed by atoms with Crippen molar-refractivity contribution < 1.29 is 32.2 Å². The Hall–Kier alpha value is -3.07. The highest BCUT2D eigenvalue weighted by molar-refractivity contribution is 7.92. The molecule has 2 aromatic rings. The van der Waals surface area contributed by atoms with Crippen LogP contribution < -0.4 is 9.46 Å². The molecule has 8 nitrogen and oxygen atoms in total. The molecule has 0 atom stereocenters. The molecule has 0 radical (unpaired) electrons. The summed E-state index contributed by atoms with van der Waals surface area (Å²) >= 11 is 0. The largest absolute Gasteiger partial charge is 0.496 e. The number of rotatable bonds is 6. The van der Waals surface area contributed by atoms with Crippen molar-refractivity contribution in [2.24, 2.45) is 0 Å². The van der Waals surface area contributed by atoms with E-state index < -0.39 is 22.0 Å². The molecule has 28 heavy (non-hydrogen) atoms. The maximum absolute atomic E-state index is 12.9.